The Bertz CT molecular complexity index is 1180. The van der Waals surface area contributed by atoms with Crippen LogP contribution in [0.4, 0.5) is 0 Å². The highest BCUT2D eigenvalue weighted by molar-refractivity contribution is 9.10. The molecule has 0 aliphatic carbocycles. The monoisotopic (exact) mass is 456 g/mol. The number of aryl methyl sites for hydroxylation is 2. The second-order valence-electron chi connectivity index (χ2n) is 6.76. The summed E-state index contributed by atoms with van der Waals surface area (Å²) in [6.07, 6.45) is 2.49. The summed E-state index contributed by atoms with van der Waals surface area (Å²) in [4.78, 5) is 13.9. The van der Waals surface area contributed by atoms with E-state index in [1.165, 1.54) is 0 Å². The van der Waals surface area contributed by atoms with Gasteiger partial charge in [-0.25, -0.2) is 14.6 Å². The van der Waals surface area contributed by atoms with E-state index in [1.54, 1.807) is 0 Å². The molecule has 1 aromatic carbocycles. The van der Waals surface area contributed by atoms with Crippen molar-refractivity contribution in [3.63, 3.8) is 0 Å². The lowest BCUT2D eigenvalue weighted by Gasteiger charge is -2.08. The first-order valence-corrected chi connectivity index (χ1v) is 9.57. The minimum absolute atomic E-state index is 0. The smallest absolute Gasteiger partial charge is 0.160 e. The fraction of sp³-hybridized carbons (Fsp3) is 0.200. The van der Waals surface area contributed by atoms with Crippen LogP contribution in [-0.4, -0.2) is 29.3 Å². The summed E-state index contributed by atoms with van der Waals surface area (Å²) in [5.74, 6) is 1.65. The van der Waals surface area contributed by atoms with E-state index in [0.717, 1.165) is 50.1 Å². The van der Waals surface area contributed by atoms with E-state index in [-0.39, 0.29) is 12.4 Å². The molecule has 4 aromatic rings. The first kappa shape index (κ1) is 18.8. The third-order valence-electron chi connectivity index (χ3n) is 4.83. The summed E-state index contributed by atoms with van der Waals surface area (Å²) in [6, 6.07) is 12.3. The molecule has 5 rings (SSSR count). The van der Waals surface area contributed by atoms with Crippen molar-refractivity contribution in [2.45, 2.75) is 26.8 Å². The van der Waals surface area contributed by atoms with Gasteiger partial charge in [0, 0.05) is 21.4 Å². The lowest BCUT2D eigenvalue weighted by atomic mass is 10.1. The number of hydrogen-bond acceptors (Lipinski definition) is 4. The van der Waals surface area contributed by atoms with Crippen molar-refractivity contribution in [3.05, 3.63) is 75.8 Å². The highest BCUT2D eigenvalue weighted by Crippen LogP contribution is 2.33. The Morgan fingerprint density at radius 1 is 1.11 bits per heavy atom. The van der Waals surface area contributed by atoms with Crippen LogP contribution < -0.4 is 0 Å². The van der Waals surface area contributed by atoms with Gasteiger partial charge in [0.2, 0.25) is 0 Å². The van der Waals surface area contributed by atoms with Crippen molar-refractivity contribution >= 4 is 28.3 Å². The standard InChI is InChI=1S/C20H17BrN6.ClH/c1-12-4-3-5-15(23-12)9-19-24-20-16-8-14(21)6-7-17(16)26-11-22-13(2)18(26)10-27(20)25-19;/h3-8,11H,9-10H2,1-2H3;1H. The largest absolute Gasteiger partial charge is 0.300 e. The maximum absolute atomic E-state index is 4.87. The van der Waals surface area contributed by atoms with E-state index < -0.39 is 0 Å². The van der Waals surface area contributed by atoms with Gasteiger partial charge in [0.1, 0.15) is 0 Å². The van der Waals surface area contributed by atoms with E-state index in [9.17, 15) is 0 Å². The SMILES string of the molecule is Cc1cccc(Cc2nc3n(n2)Cc2c(C)ncn2-c2ccc(Br)cc2-3)n1.Cl. The number of halogens is 2. The van der Waals surface area contributed by atoms with Crippen molar-refractivity contribution in [2.75, 3.05) is 0 Å². The lowest BCUT2D eigenvalue weighted by Crippen LogP contribution is -2.06. The summed E-state index contributed by atoms with van der Waals surface area (Å²) in [7, 11) is 0. The van der Waals surface area contributed by atoms with Crippen LogP contribution in [0.25, 0.3) is 17.1 Å². The van der Waals surface area contributed by atoms with Gasteiger partial charge in [-0.05, 0) is 44.2 Å². The van der Waals surface area contributed by atoms with Gasteiger partial charge in [-0.15, -0.1) is 12.4 Å². The number of benzene rings is 1. The van der Waals surface area contributed by atoms with Gasteiger partial charge < -0.3 is 4.57 Å². The third-order valence-corrected chi connectivity index (χ3v) is 5.33. The molecule has 0 spiro atoms. The highest BCUT2D eigenvalue weighted by atomic mass is 79.9. The fourth-order valence-electron chi connectivity index (χ4n) is 3.53. The van der Waals surface area contributed by atoms with Crippen LogP contribution in [0.2, 0.25) is 0 Å². The molecular formula is C20H18BrClN6. The van der Waals surface area contributed by atoms with Crippen LogP contribution in [-0.2, 0) is 13.0 Å². The Kier molecular flexibility index (Phi) is 4.81. The summed E-state index contributed by atoms with van der Waals surface area (Å²) in [5, 5.41) is 4.79. The number of rotatable bonds is 2. The Labute approximate surface area is 177 Å². The van der Waals surface area contributed by atoms with Gasteiger partial charge in [-0.1, -0.05) is 22.0 Å². The predicted octanol–water partition coefficient (Wildman–Crippen LogP) is 4.28. The minimum atomic E-state index is 0. The zero-order chi connectivity index (χ0) is 18.5. The molecule has 1 aliphatic rings. The Hall–Kier alpha value is -2.51. The number of aromatic nitrogens is 6. The molecule has 28 heavy (non-hydrogen) atoms. The lowest BCUT2D eigenvalue weighted by molar-refractivity contribution is 0.663. The fourth-order valence-corrected chi connectivity index (χ4v) is 3.89. The van der Waals surface area contributed by atoms with Crippen LogP contribution in [0.1, 0.15) is 28.6 Å². The van der Waals surface area contributed by atoms with E-state index in [1.807, 2.05) is 49.1 Å². The van der Waals surface area contributed by atoms with Crippen LogP contribution in [0.15, 0.2) is 47.2 Å². The molecule has 0 fully saturated rings. The van der Waals surface area contributed by atoms with E-state index >= 15 is 0 Å². The van der Waals surface area contributed by atoms with Crippen molar-refractivity contribution in [1.29, 1.82) is 0 Å². The van der Waals surface area contributed by atoms with Crippen LogP contribution in [0.3, 0.4) is 0 Å². The number of pyridine rings is 1. The molecule has 1 aliphatic heterocycles. The normalized spacial score (nSPS) is 11.8. The number of nitrogens with zero attached hydrogens (tertiary/aromatic N) is 6. The minimum Gasteiger partial charge on any atom is -0.300 e. The molecule has 0 radical (unpaired) electrons. The molecule has 8 heteroatoms. The second-order valence-corrected chi connectivity index (χ2v) is 7.68. The summed E-state index contributed by atoms with van der Waals surface area (Å²) in [5.41, 5.74) is 6.22. The molecule has 0 saturated heterocycles. The zero-order valence-corrected chi connectivity index (χ0v) is 17.8. The summed E-state index contributed by atoms with van der Waals surface area (Å²) < 4.78 is 5.12. The van der Waals surface area contributed by atoms with Crippen molar-refractivity contribution in [3.8, 4) is 17.1 Å². The van der Waals surface area contributed by atoms with Crippen molar-refractivity contribution < 1.29 is 0 Å². The average Bonchev–Trinajstić information content (AvgIpc) is 3.16. The number of hydrogen-bond donors (Lipinski definition) is 0. The van der Waals surface area contributed by atoms with Gasteiger partial charge in [0.05, 0.1) is 36.4 Å². The summed E-state index contributed by atoms with van der Waals surface area (Å²) >= 11 is 3.59. The third kappa shape index (κ3) is 3.14. The zero-order valence-electron chi connectivity index (χ0n) is 15.4. The first-order valence-electron chi connectivity index (χ1n) is 8.78. The average molecular weight is 458 g/mol. The Morgan fingerprint density at radius 3 is 2.79 bits per heavy atom. The molecule has 0 unspecified atom stereocenters. The molecule has 4 heterocycles. The second kappa shape index (κ2) is 7.14. The number of imidazole rings is 1. The quantitative estimate of drug-likeness (QED) is 0.397. The highest BCUT2D eigenvalue weighted by Gasteiger charge is 2.24. The predicted molar refractivity (Wildman–Crippen MR) is 113 cm³/mol. The van der Waals surface area contributed by atoms with Gasteiger partial charge in [-0.3, -0.25) is 4.98 Å². The maximum Gasteiger partial charge on any atom is 0.160 e. The Morgan fingerprint density at radius 2 is 1.96 bits per heavy atom. The van der Waals surface area contributed by atoms with Gasteiger partial charge in [-0.2, -0.15) is 5.10 Å². The van der Waals surface area contributed by atoms with Crippen LogP contribution in [0, 0.1) is 13.8 Å². The molecule has 0 amide bonds. The molecule has 0 N–H and O–H groups in total. The van der Waals surface area contributed by atoms with Crippen LogP contribution >= 0.6 is 28.3 Å². The molecule has 142 valence electrons. The molecule has 6 nitrogen and oxygen atoms in total. The first-order chi connectivity index (χ1) is 13.1. The molecule has 3 aromatic heterocycles. The van der Waals surface area contributed by atoms with Gasteiger partial charge >= 0.3 is 0 Å². The van der Waals surface area contributed by atoms with Gasteiger partial charge in [0.25, 0.3) is 0 Å². The van der Waals surface area contributed by atoms with Crippen molar-refractivity contribution in [2.24, 2.45) is 0 Å². The van der Waals surface area contributed by atoms with E-state index in [4.69, 9.17) is 10.1 Å². The maximum atomic E-state index is 4.87. The van der Waals surface area contributed by atoms with Crippen molar-refractivity contribution in [1.82, 2.24) is 29.3 Å². The topological polar surface area (TPSA) is 61.4 Å². The molecule has 0 atom stereocenters. The molecular weight excluding hydrogens is 440 g/mol. The molecule has 0 bridgehead atoms. The van der Waals surface area contributed by atoms with E-state index in [2.05, 4.69) is 42.6 Å². The Balaban J connectivity index is 0.00000192. The van der Waals surface area contributed by atoms with Gasteiger partial charge in [0.15, 0.2) is 11.6 Å². The van der Waals surface area contributed by atoms with E-state index in [0.29, 0.717) is 13.0 Å². The molecule has 0 saturated carbocycles. The van der Waals surface area contributed by atoms with Crippen LogP contribution in [0.5, 0.6) is 0 Å². The summed E-state index contributed by atoms with van der Waals surface area (Å²) in [6.45, 7) is 4.67. The number of fused-ring (bicyclic) bond motifs is 5.